The van der Waals surface area contributed by atoms with Crippen molar-refractivity contribution in [2.45, 2.75) is 44.2 Å². The number of hydrogen-bond acceptors (Lipinski definition) is 4. The molecule has 1 aliphatic carbocycles. The lowest BCUT2D eigenvalue weighted by atomic mass is 10.0. The summed E-state index contributed by atoms with van der Waals surface area (Å²) in [6, 6.07) is 0.713. The van der Waals surface area contributed by atoms with E-state index in [0.717, 1.165) is 11.6 Å². The normalized spacial score (nSPS) is 28.4. The number of aromatic nitrogens is 1. The number of rotatable bonds is 2. The lowest BCUT2D eigenvalue weighted by molar-refractivity contribution is 0.528. The van der Waals surface area contributed by atoms with E-state index in [1.165, 1.54) is 25.7 Å². The molecule has 0 amide bonds. The minimum absolute atomic E-state index is 0.293. The van der Waals surface area contributed by atoms with Crippen LogP contribution < -0.4 is 11.1 Å². The Morgan fingerprint density at radius 1 is 1.36 bits per heavy atom. The Kier molecular flexibility index (Phi) is 3.37. The van der Waals surface area contributed by atoms with Gasteiger partial charge in [0.2, 0.25) is 0 Å². The molecular weight excluding hydrogens is 194 g/mol. The van der Waals surface area contributed by atoms with Crippen molar-refractivity contribution in [2.75, 3.05) is 5.32 Å². The van der Waals surface area contributed by atoms with Gasteiger partial charge in [0.15, 0.2) is 5.13 Å². The van der Waals surface area contributed by atoms with E-state index in [1.807, 2.05) is 11.6 Å². The number of nitrogens with two attached hydrogens (primary N) is 1. The fourth-order valence-electron chi connectivity index (χ4n) is 1.97. The predicted molar refractivity (Wildman–Crippen MR) is 60.6 cm³/mol. The van der Waals surface area contributed by atoms with Gasteiger partial charge < -0.3 is 11.1 Å². The Morgan fingerprint density at radius 3 is 3.00 bits per heavy atom. The van der Waals surface area contributed by atoms with E-state index >= 15 is 0 Å². The van der Waals surface area contributed by atoms with Crippen molar-refractivity contribution in [3.05, 3.63) is 11.6 Å². The van der Waals surface area contributed by atoms with Gasteiger partial charge in [0.25, 0.3) is 0 Å². The van der Waals surface area contributed by atoms with Gasteiger partial charge in [-0.05, 0) is 12.8 Å². The second kappa shape index (κ2) is 4.75. The Balaban J connectivity index is 1.94. The third kappa shape index (κ3) is 2.45. The smallest absolute Gasteiger partial charge is 0.182 e. The highest BCUT2D eigenvalue weighted by Crippen LogP contribution is 2.21. The molecule has 1 aromatic rings. The third-order valence-corrected chi connectivity index (χ3v) is 3.51. The van der Waals surface area contributed by atoms with Crippen LogP contribution in [0.3, 0.4) is 0 Å². The highest BCUT2D eigenvalue weighted by atomic mass is 32.1. The quantitative estimate of drug-likeness (QED) is 0.737. The summed E-state index contributed by atoms with van der Waals surface area (Å²) >= 11 is 1.65. The minimum Gasteiger partial charge on any atom is -0.357 e. The Labute approximate surface area is 88.7 Å². The summed E-state index contributed by atoms with van der Waals surface area (Å²) in [6.45, 7) is 0. The first kappa shape index (κ1) is 9.93. The molecule has 0 bridgehead atoms. The number of anilines is 1. The first-order valence-electron chi connectivity index (χ1n) is 5.28. The summed E-state index contributed by atoms with van der Waals surface area (Å²) in [5.74, 6) is 0. The van der Waals surface area contributed by atoms with Crippen molar-refractivity contribution in [1.82, 2.24) is 4.98 Å². The summed E-state index contributed by atoms with van der Waals surface area (Å²) in [5.41, 5.74) is 6.11. The highest BCUT2D eigenvalue weighted by Gasteiger charge is 2.20. The van der Waals surface area contributed by atoms with E-state index in [4.69, 9.17) is 5.73 Å². The van der Waals surface area contributed by atoms with Crippen molar-refractivity contribution in [3.8, 4) is 0 Å². The molecule has 0 spiro atoms. The van der Waals surface area contributed by atoms with Crippen LogP contribution in [-0.2, 0) is 0 Å². The maximum absolute atomic E-state index is 6.11. The van der Waals surface area contributed by atoms with Crippen molar-refractivity contribution >= 4 is 16.5 Å². The van der Waals surface area contributed by atoms with E-state index in [0.29, 0.717) is 12.1 Å². The molecule has 2 unspecified atom stereocenters. The summed E-state index contributed by atoms with van der Waals surface area (Å²) in [7, 11) is 0. The fraction of sp³-hybridized carbons (Fsp3) is 0.700. The van der Waals surface area contributed by atoms with E-state index < -0.39 is 0 Å². The van der Waals surface area contributed by atoms with Gasteiger partial charge in [-0.25, -0.2) is 4.98 Å². The van der Waals surface area contributed by atoms with Gasteiger partial charge in [0, 0.05) is 23.7 Å². The zero-order valence-corrected chi connectivity index (χ0v) is 9.09. The molecule has 1 aliphatic rings. The molecule has 3 nitrogen and oxygen atoms in total. The van der Waals surface area contributed by atoms with Gasteiger partial charge in [0.1, 0.15) is 0 Å². The van der Waals surface area contributed by atoms with Crippen LogP contribution in [0.15, 0.2) is 11.6 Å². The Bertz CT molecular complexity index is 260. The molecule has 1 heterocycles. The molecule has 0 aliphatic heterocycles. The van der Waals surface area contributed by atoms with Crippen molar-refractivity contribution in [2.24, 2.45) is 5.73 Å². The van der Waals surface area contributed by atoms with Gasteiger partial charge in [-0.3, -0.25) is 0 Å². The first-order valence-corrected chi connectivity index (χ1v) is 6.16. The number of hydrogen-bond donors (Lipinski definition) is 2. The van der Waals surface area contributed by atoms with Crippen LogP contribution in [0.25, 0.3) is 0 Å². The predicted octanol–water partition coefficient (Wildman–Crippen LogP) is 2.21. The fourth-order valence-corrected chi connectivity index (χ4v) is 2.56. The molecule has 78 valence electrons. The summed E-state index contributed by atoms with van der Waals surface area (Å²) in [4.78, 5) is 4.23. The molecule has 14 heavy (non-hydrogen) atoms. The molecule has 3 N–H and O–H groups in total. The van der Waals surface area contributed by atoms with Crippen molar-refractivity contribution in [3.63, 3.8) is 0 Å². The van der Waals surface area contributed by atoms with Gasteiger partial charge in [-0.2, -0.15) is 0 Å². The lowest BCUT2D eigenvalue weighted by Crippen LogP contribution is -2.39. The number of nitrogens with zero attached hydrogens (tertiary/aromatic N) is 1. The van der Waals surface area contributed by atoms with Crippen molar-refractivity contribution < 1.29 is 0 Å². The van der Waals surface area contributed by atoms with E-state index in [9.17, 15) is 0 Å². The molecule has 0 aromatic carbocycles. The molecule has 4 heteroatoms. The number of thiazole rings is 1. The van der Waals surface area contributed by atoms with Gasteiger partial charge in [0.05, 0.1) is 0 Å². The number of nitrogens with one attached hydrogen (secondary N) is 1. The first-order chi connectivity index (χ1) is 6.86. The van der Waals surface area contributed by atoms with Crippen LogP contribution in [0.1, 0.15) is 32.1 Å². The van der Waals surface area contributed by atoms with Crippen LogP contribution in [0, 0.1) is 0 Å². The molecular formula is C10H17N3S. The summed E-state index contributed by atoms with van der Waals surface area (Å²) < 4.78 is 0. The summed E-state index contributed by atoms with van der Waals surface area (Å²) in [6.07, 6.45) is 8.04. The molecule has 0 saturated heterocycles. The maximum Gasteiger partial charge on any atom is 0.182 e. The highest BCUT2D eigenvalue weighted by molar-refractivity contribution is 7.13. The average Bonchev–Trinajstić information content (AvgIpc) is 2.60. The second-order valence-electron chi connectivity index (χ2n) is 3.89. The monoisotopic (exact) mass is 211 g/mol. The van der Waals surface area contributed by atoms with E-state index in [-0.39, 0.29) is 0 Å². The molecule has 2 atom stereocenters. The van der Waals surface area contributed by atoms with E-state index in [1.54, 1.807) is 11.3 Å². The van der Waals surface area contributed by atoms with Crippen LogP contribution in [0.5, 0.6) is 0 Å². The van der Waals surface area contributed by atoms with Crippen LogP contribution in [0.4, 0.5) is 5.13 Å². The standard InChI is InChI=1S/C10H17N3S/c11-8-4-2-1-3-5-9(8)13-10-12-6-7-14-10/h6-9H,1-5,11H2,(H,12,13). The van der Waals surface area contributed by atoms with Gasteiger partial charge >= 0.3 is 0 Å². The molecule has 1 fully saturated rings. The van der Waals surface area contributed by atoms with Gasteiger partial charge in [-0.15, -0.1) is 11.3 Å². The molecule has 1 saturated carbocycles. The molecule has 2 rings (SSSR count). The average molecular weight is 211 g/mol. The zero-order valence-electron chi connectivity index (χ0n) is 8.28. The molecule has 0 radical (unpaired) electrons. The van der Waals surface area contributed by atoms with Crippen LogP contribution in [-0.4, -0.2) is 17.1 Å². The topological polar surface area (TPSA) is 50.9 Å². The zero-order chi connectivity index (χ0) is 9.80. The SMILES string of the molecule is NC1CCCCCC1Nc1nccs1. The largest absolute Gasteiger partial charge is 0.357 e. The second-order valence-corrected chi connectivity index (χ2v) is 4.78. The third-order valence-electron chi connectivity index (χ3n) is 2.81. The summed E-state index contributed by atoms with van der Waals surface area (Å²) in [5, 5.41) is 6.43. The lowest BCUT2D eigenvalue weighted by Gasteiger charge is -2.22. The van der Waals surface area contributed by atoms with Crippen molar-refractivity contribution in [1.29, 1.82) is 0 Å². The van der Waals surface area contributed by atoms with Crippen LogP contribution >= 0.6 is 11.3 Å². The van der Waals surface area contributed by atoms with Crippen LogP contribution in [0.2, 0.25) is 0 Å². The Morgan fingerprint density at radius 2 is 2.21 bits per heavy atom. The maximum atomic E-state index is 6.11. The van der Waals surface area contributed by atoms with E-state index in [2.05, 4.69) is 10.3 Å². The van der Waals surface area contributed by atoms with Gasteiger partial charge in [-0.1, -0.05) is 19.3 Å². The Hall–Kier alpha value is -0.610. The minimum atomic E-state index is 0.293. The molecule has 1 aromatic heterocycles.